The molecule has 0 aromatic rings. The first-order valence-electron chi connectivity index (χ1n) is 18.4. The highest BCUT2D eigenvalue weighted by atomic mass is 31.2. The largest absolute Gasteiger partial charge is 0.480 e. The summed E-state index contributed by atoms with van der Waals surface area (Å²) in [5.74, 6) is -2.41. The number of nitrogens with two attached hydrogens (primary N) is 1. The molecule has 0 aliphatic rings. The van der Waals surface area contributed by atoms with E-state index >= 15 is 0 Å². The Hall–Kier alpha value is -2.04. The van der Waals surface area contributed by atoms with Crippen molar-refractivity contribution in [3.8, 4) is 0 Å². The Morgan fingerprint density at radius 3 is 1.67 bits per heavy atom. The molecular formula is C36H66NO10P. The second-order valence-electron chi connectivity index (χ2n) is 12.4. The minimum Gasteiger partial charge on any atom is -0.480 e. The van der Waals surface area contributed by atoms with E-state index in [9.17, 15) is 23.8 Å². The number of hydrogen-bond donors (Lipinski definition) is 3. The highest BCUT2D eigenvalue weighted by Crippen LogP contribution is 2.43. The minimum atomic E-state index is -4.69. The van der Waals surface area contributed by atoms with Crippen molar-refractivity contribution in [2.24, 2.45) is 5.73 Å². The van der Waals surface area contributed by atoms with Crippen molar-refractivity contribution in [1.82, 2.24) is 0 Å². The van der Waals surface area contributed by atoms with Crippen LogP contribution in [0.5, 0.6) is 0 Å². The molecule has 0 saturated carbocycles. The number of carbonyl (C=O) groups excluding carboxylic acids is 2. The van der Waals surface area contributed by atoms with E-state index in [0.717, 1.165) is 44.9 Å². The SMILES string of the molecule is CCCCCCC/C=C\C/C=C\CCCCCCCCCCCC(=O)OC(COC(=O)CCCCC)COP(=O)(O)OCC(N)C(=O)O. The Morgan fingerprint density at radius 2 is 1.10 bits per heavy atom. The van der Waals surface area contributed by atoms with Crippen LogP contribution in [0.2, 0.25) is 0 Å². The maximum absolute atomic E-state index is 12.5. The van der Waals surface area contributed by atoms with E-state index in [4.69, 9.17) is 24.8 Å². The molecule has 0 fully saturated rings. The van der Waals surface area contributed by atoms with Crippen molar-refractivity contribution in [1.29, 1.82) is 0 Å². The lowest BCUT2D eigenvalue weighted by Gasteiger charge is -2.20. The van der Waals surface area contributed by atoms with Crippen molar-refractivity contribution in [3.63, 3.8) is 0 Å². The maximum Gasteiger partial charge on any atom is 0.472 e. The summed E-state index contributed by atoms with van der Waals surface area (Å²) in [6.45, 7) is 2.57. The van der Waals surface area contributed by atoms with Crippen LogP contribution in [0.3, 0.4) is 0 Å². The topological polar surface area (TPSA) is 172 Å². The zero-order valence-corrected chi connectivity index (χ0v) is 30.7. The van der Waals surface area contributed by atoms with Gasteiger partial charge in [-0.1, -0.05) is 122 Å². The molecule has 0 aliphatic carbocycles. The number of esters is 2. The number of rotatable bonds is 34. The molecule has 3 atom stereocenters. The van der Waals surface area contributed by atoms with Gasteiger partial charge in [0.2, 0.25) is 0 Å². The number of aliphatic carboxylic acids is 1. The van der Waals surface area contributed by atoms with Gasteiger partial charge in [0, 0.05) is 12.8 Å². The fraction of sp³-hybridized carbons (Fsp3) is 0.806. The Morgan fingerprint density at radius 1 is 0.646 bits per heavy atom. The molecule has 0 bridgehead atoms. The average Bonchev–Trinajstić information content (AvgIpc) is 3.05. The number of phosphoric acid groups is 1. The predicted molar refractivity (Wildman–Crippen MR) is 189 cm³/mol. The lowest BCUT2D eigenvalue weighted by molar-refractivity contribution is -0.161. The van der Waals surface area contributed by atoms with Crippen molar-refractivity contribution >= 4 is 25.7 Å². The number of carboxylic acid groups (broad SMARTS) is 1. The van der Waals surface area contributed by atoms with E-state index in [1.165, 1.54) is 70.6 Å². The van der Waals surface area contributed by atoms with Crippen molar-refractivity contribution in [2.45, 2.75) is 167 Å². The number of hydrogen-bond acceptors (Lipinski definition) is 9. The van der Waals surface area contributed by atoms with E-state index in [0.29, 0.717) is 12.8 Å². The molecular weight excluding hydrogens is 637 g/mol. The molecule has 48 heavy (non-hydrogen) atoms. The van der Waals surface area contributed by atoms with Gasteiger partial charge in [0.1, 0.15) is 12.6 Å². The normalized spacial score (nSPS) is 14.2. The minimum absolute atomic E-state index is 0.157. The number of allylic oxidation sites excluding steroid dienone is 4. The summed E-state index contributed by atoms with van der Waals surface area (Å²) in [5, 5.41) is 8.80. The molecule has 0 amide bonds. The molecule has 0 spiro atoms. The quantitative estimate of drug-likeness (QED) is 0.0253. The first-order valence-corrected chi connectivity index (χ1v) is 19.9. The van der Waals surface area contributed by atoms with Gasteiger partial charge >= 0.3 is 25.7 Å². The van der Waals surface area contributed by atoms with Gasteiger partial charge in [-0.3, -0.25) is 23.4 Å². The molecule has 11 nitrogen and oxygen atoms in total. The van der Waals surface area contributed by atoms with E-state index < -0.39 is 51.1 Å². The fourth-order valence-electron chi connectivity index (χ4n) is 4.74. The first-order chi connectivity index (χ1) is 23.1. The molecule has 0 rings (SSSR count). The molecule has 12 heteroatoms. The number of ether oxygens (including phenoxy) is 2. The monoisotopic (exact) mass is 703 g/mol. The van der Waals surface area contributed by atoms with Crippen LogP contribution in [0.25, 0.3) is 0 Å². The van der Waals surface area contributed by atoms with E-state index in [-0.39, 0.29) is 19.4 Å². The summed E-state index contributed by atoms with van der Waals surface area (Å²) in [5.41, 5.74) is 5.28. The molecule has 3 unspecified atom stereocenters. The summed E-state index contributed by atoms with van der Waals surface area (Å²) in [6, 6.07) is -1.52. The predicted octanol–water partition coefficient (Wildman–Crippen LogP) is 8.72. The zero-order valence-electron chi connectivity index (χ0n) is 29.8. The zero-order chi connectivity index (χ0) is 35.7. The second-order valence-corrected chi connectivity index (χ2v) is 13.8. The molecule has 0 radical (unpaired) electrons. The highest BCUT2D eigenvalue weighted by Gasteiger charge is 2.28. The number of carbonyl (C=O) groups is 3. The smallest absolute Gasteiger partial charge is 0.472 e. The molecule has 0 aromatic heterocycles. The van der Waals surface area contributed by atoms with Crippen LogP contribution in [0.1, 0.15) is 155 Å². The molecule has 0 aromatic carbocycles. The average molecular weight is 704 g/mol. The lowest BCUT2D eigenvalue weighted by atomic mass is 10.1. The second kappa shape index (κ2) is 32.2. The van der Waals surface area contributed by atoms with Crippen molar-refractivity contribution in [3.05, 3.63) is 24.3 Å². The Bertz CT molecular complexity index is 926. The molecule has 4 N–H and O–H groups in total. The highest BCUT2D eigenvalue weighted by molar-refractivity contribution is 7.47. The van der Waals surface area contributed by atoms with Gasteiger partial charge in [-0.15, -0.1) is 0 Å². The van der Waals surface area contributed by atoms with Gasteiger partial charge in [0.15, 0.2) is 6.10 Å². The number of unbranched alkanes of at least 4 members (excludes halogenated alkanes) is 16. The van der Waals surface area contributed by atoms with Gasteiger partial charge in [0.25, 0.3) is 0 Å². The molecule has 0 aliphatic heterocycles. The van der Waals surface area contributed by atoms with Crippen molar-refractivity contribution < 1.29 is 47.5 Å². The van der Waals surface area contributed by atoms with E-state index in [1.54, 1.807) is 0 Å². The third kappa shape index (κ3) is 31.2. The third-order valence-electron chi connectivity index (χ3n) is 7.70. The summed E-state index contributed by atoms with van der Waals surface area (Å²) >= 11 is 0. The maximum atomic E-state index is 12.5. The first kappa shape index (κ1) is 46.0. The lowest BCUT2D eigenvalue weighted by Crippen LogP contribution is -2.34. The van der Waals surface area contributed by atoms with Crippen LogP contribution in [-0.4, -0.2) is 59.9 Å². The van der Waals surface area contributed by atoms with Gasteiger partial charge in [0.05, 0.1) is 13.2 Å². The Balaban J connectivity index is 4.13. The van der Waals surface area contributed by atoms with Crippen LogP contribution < -0.4 is 5.73 Å². The number of carboxylic acids is 1. The summed E-state index contributed by atoms with van der Waals surface area (Å²) in [6.07, 6.45) is 30.7. The fourth-order valence-corrected chi connectivity index (χ4v) is 5.52. The number of phosphoric ester groups is 1. The molecule has 0 saturated heterocycles. The standard InChI is InChI=1S/C36H66NO10P/c1-3-5-7-8-9-10-11-12-13-14-15-16-17-18-19-20-21-22-23-24-26-28-35(39)47-32(29-44-34(38)27-25-6-4-2)30-45-48(42,43)46-31-33(37)36(40)41/h11-12,14-15,32-33H,3-10,13,16-31,37H2,1-2H3,(H,40,41)(H,42,43)/b12-11-,15-14-. The summed E-state index contributed by atoms with van der Waals surface area (Å²) in [7, 11) is -4.69. The van der Waals surface area contributed by atoms with E-state index in [2.05, 4.69) is 35.8 Å². The molecule has 0 heterocycles. The molecule has 280 valence electrons. The van der Waals surface area contributed by atoms with Crippen molar-refractivity contribution in [2.75, 3.05) is 19.8 Å². The summed E-state index contributed by atoms with van der Waals surface area (Å²) in [4.78, 5) is 45.1. The Labute approximate surface area is 290 Å². The van der Waals surface area contributed by atoms with Gasteiger partial charge < -0.3 is 25.2 Å². The third-order valence-corrected chi connectivity index (χ3v) is 8.65. The van der Waals surface area contributed by atoms with Crippen LogP contribution in [0, 0.1) is 0 Å². The van der Waals surface area contributed by atoms with Crippen LogP contribution in [0.4, 0.5) is 0 Å². The van der Waals surface area contributed by atoms with Gasteiger partial charge in [-0.25, -0.2) is 4.57 Å². The van der Waals surface area contributed by atoms with Crippen LogP contribution in [0.15, 0.2) is 24.3 Å². The van der Waals surface area contributed by atoms with E-state index in [1.807, 2.05) is 6.92 Å². The summed E-state index contributed by atoms with van der Waals surface area (Å²) < 4.78 is 32.2. The van der Waals surface area contributed by atoms with Crippen LogP contribution in [-0.2, 0) is 37.5 Å². The Kier molecular flexibility index (Phi) is 30.8. The van der Waals surface area contributed by atoms with Gasteiger partial charge in [-0.2, -0.15) is 0 Å². The van der Waals surface area contributed by atoms with Crippen LogP contribution >= 0.6 is 7.82 Å². The van der Waals surface area contributed by atoms with Gasteiger partial charge in [-0.05, 0) is 44.9 Å².